The number of rotatable bonds is 4. The van der Waals surface area contributed by atoms with Crippen molar-refractivity contribution < 1.29 is 5.11 Å². The van der Waals surface area contributed by atoms with Crippen LogP contribution in [-0.4, -0.2) is 17.8 Å². The molecule has 0 heterocycles. The highest BCUT2D eigenvalue weighted by atomic mass is 16.3. The molecule has 2 N–H and O–H groups in total. The summed E-state index contributed by atoms with van der Waals surface area (Å²) in [6.07, 6.45) is 5.05. The van der Waals surface area contributed by atoms with Gasteiger partial charge in [0.2, 0.25) is 0 Å². The van der Waals surface area contributed by atoms with Gasteiger partial charge in [-0.1, -0.05) is 51.1 Å². The Balaban J connectivity index is 1.88. The summed E-state index contributed by atoms with van der Waals surface area (Å²) in [7, 11) is 0. The van der Waals surface area contributed by atoms with E-state index in [4.69, 9.17) is 0 Å². The van der Waals surface area contributed by atoms with Crippen molar-refractivity contribution in [2.24, 2.45) is 11.3 Å². The largest absolute Gasteiger partial charge is 0.394 e. The Morgan fingerprint density at radius 2 is 1.70 bits per heavy atom. The maximum atomic E-state index is 9.63. The molecule has 1 saturated carbocycles. The molecular formula is C18H29NO. The molecule has 0 saturated heterocycles. The highest BCUT2D eigenvalue weighted by Crippen LogP contribution is 2.38. The molecule has 0 aromatic heterocycles. The standard InChI is InChI=1S/C18H29NO/c1-18(2,3)15-9-11-16(12-10-15)19-17(13-20)14-7-5-4-6-8-14/h4-8,15-17,19-20H,9-13H2,1-3H3/t15?,16?,17-/m0/s1. The van der Waals surface area contributed by atoms with Crippen molar-refractivity contribution in [1.82, 2.24) is 5.32 Å². The first-order valence-corrected chi connectivity index (χ1v) is 7.92. The third-order valence-corrected chi connectivity index (χ3v) is 4.77. The number of nitrogens with one attached hydrogen (secondary N) is 1. The second kappa shape index (κ2) is 6.73. The molecule has 1 fully saturated rings. The van der Waals surface area contributed by atoms with Crippen LogP contribution in [0.25, 0.3) is 0 Å². The third kappa shape index (κ3) is 4.07. The molecule has 20 heavy (non-hydrogen) atoms. The summed E-state index contributed by atoms with van der Waals surface area (Å²) in [4.78, 5) is 0. The monoisotopic (exact) mass is 275 g/mol. The number of benzene rings is 1. The molecule has 2 nitrogen and oxygen atoms in total. The Kier molecular flexibility index (Phi) is 5.22. The van der Waals surface area contributed by atoms with Gasteiger partial charge in [0, 0.05) is 6.04 Å². The van der Waals surface area contributed by atoms with E-state index < -0.39 is 0 Å². The molecular weight excluding hydrogens is 246 g/mol. The summed E-state index contributed by atoms with van der Waals surface area (Å²) in [6, 6.07) is 10.9. The van der Waals surface area contributed by atoms with Crippen LogP contribution in [0.15, 0.2) is 30.3 Å². The van der Waals surface area contributed by atoms with E-state index in [2.05, 4.69) is 38.2 Å². The lowest BCUT2D eigenvalue weighted by Crippen LogP contribution is -2.39. The molecule has 1 aliphatic rings. The lowest BCUT2D eigenvalue weighted by molar-refractivity contribution is 0.147. The molecule has 0 unspecified atom stereocenters. The van der Waals surface area contributed by atoms with Crippen molar-refractivity contribution in [2.45, 2.75) is 58.5 Å². The first-order valence-electron chi connectivity index (χ1n) is 7.92. The van der Waals surface area contributed by atoms with Crippen LogP contribution < -0.4 is 5.32 Å². The van der Waals surface area contributed by atoms with Crippen molar-refractivity contribution in [3.63, 3.8) is 0 Å². The van der Waals surface area contributed by atoms with Crippen molar-refractivity contribution in [3.05, 3.63) is 35.9 Å². The van der Waals surface area contributed by atoms with Gasteiger partial charge in [0.25, 0.3) is 0 Å². The van der Waals surface area contributed by atoms with E-state index in [1.165, 1.54) is 31.2 Å². The molecule has 0 bridgehead atoms. The molecule has 1 atom stereocenters. The average Bonchev–Trinajstić information content (AvgIpc) is 2.45. The van der Waals surface area contributed by atoms with Crippen LogP contribution in [0.1, 0.15) is 58.1 Å². The summed E-state index contributed by atoms with van der Waals surface area (Å²) >= 11 is 0. The zero-order chi connectivity index (χ0) is 14.6. The minimum atomic E-state index is 0.0763. The lowest BCUT2D eigenvalue weighted by Gasteiger charge is -2.38. The highest BCUT2D eigenvalue weighted by molar-refractivity contribution is 5.19. The molecule has 2 heteroatoms. The van der Waals surface area contributed by atoms with Crippen LogP contribution in [0.2, 0.25) is 0 Å². The minimum absolute atomic E-state index is 0.0763. The molecule has 0 radical (unpaired) electrons. The number of hydrogen-bond acceptors (Lipinski definition) is 2. The van der Waals surface area contributed by atoms with Crippen LogP contribution >= 0.6 is 0 Å². The van der Waals surface area contributed by atoms with E-state index in [9.17, 15) is 5.11 Å². The Hall–Kier alpha value is -0.860. The van der Waals surface area contributed by atoms with Gasteiger partial charge in [-0.2, -0.15) is 0 Å². The Morgan fingerprint density at radius 1 is 1.10 bits per heavy atom. The highest BCUT2D eigenvalue weighted by Gasteiger charge is 2.30. The van der Waals surface area contributed by atoms with Gasteiger partial charge in [-0.3, -0.25) is 0 Å². The maximum Gasteiger partial charge on any atom is 0.0626 e. The quantitative estimate of drug-likeness (QED) is 0.873. The van der Waals surface area contributed by atoms with Crippen LogP contribution in [-0.2, 0) is 0 Å². The van der Waals surface area contributed by atoms with Gasteiger partial charge in [-0.25, -0.2) is 0 Å². The van der Waals surface area contributed by atoms with Gasteiger partial charge in [-0.05, 0) is 42.6 Å². The Morgan fingerprint density at radius 3 is 2.20 bits per heavy atom. The second-order valence-corrected chi connectivity index (χ2v) is 7.23. The summed E-state index contributed by atoms with van der Waals surface area (Å²) < 4.78 is 0. The van der Waals surface area contributed by atoms with Crippen molar-refractivity contribution in [3.8, 4) is 0 Å². The van der Waals surface area contributed by atoms with Gasteiger partial charge in [0.05, 0.1) is 12.6 Å². The third-order valence-electron chi connectivity index (χ3n) is 4.77. The summed E-state index contributed by atoms with van der Waals surface area (Å²) in [6.45, 7) is 7.23. The first-order chi connectivity index (χ1) is 9.50. The van der Waals surface area contributed by atoms with E-state index in [1.807, 2.05) is 18.2 Å². The smallest absolute Gasteiger partial charge is 0.0626 e. The van der Waals surface area contributed by atoms with E-state index in [1.54, 1.807) is 0 Å². The van der Waals surface area contributed by atoms with Gasteiger partial charge in [0.1, 0.15) is 0 Å². The zero-order valence-corrected chi connectivity index (χ0v) is 13.1. The van der Waals surface area contributed by atoms with E-state index in [-0.39, 0.29) is 12.6 Å². The van der Waals surface area contributed by atoms with E-state index >= 15 is 0 Å². The van der Waals surface area contributed by atoms with Crippen LogP contribution in [0.4, 0.5) is 0 Å². The topological polar surface area (TPSA) is 32.3 Å². The van der Waals surface area contributed by atoms with Crippen LogP contribution in [0.5, 0.6) is 0 Å². The first kappa shape index (κ1) is 15.5. The molecule has 0 aliphatic heterocycles. The molecule has 1 aromatic rings. The van der Waals surface area contributed by atoms with Crippen molar-refractivity contribution in [2.75, 3.05) is 6.61 Å². The zero-order valence-electron chi connectivity index (χ0n) is 13.1. The van der Waals surface area contributed by atoms with E-state index in [0.29, 0.717) is 11.5 Å². The maximum absolute atomic E-state index is 9.63. The van der Waals surface area contributed by atoms with Gasteiger partial charge in [0.15, 0.2) is 0 Å². The predicted octanol–water partition coefficient (Wildman–Crippen LogP) is 3.91. The second-order valence-electron chi connectivity index (χ2n) is 7.23. The molecule has 1 aromatic carbocycles. The van der Waals surface area contributed by atoms with Crippen molar-refractivity contribution in [1.29, 1.82) is 0 Å². The fourth-order valence-electron chi connectivity index (χ4n) is 3.35. The Bertz CT molecular complexity index is 388. The average molecular weight is 275 g/mol. The Labute approximate surface area is 123 Å². The molecule has 0 amide bonds. The summed E-state index contributed by atoms with van der Waals surface area (Å²) in [5.41, 5.74) is 1.62. The molecule has 0 spiro atoms. The normalized spacial score (nSPS) is 25.4. The van der Waals surface area contributed by atoms with Gasteiger partial charge < -0.3 is 10.4 Å². The van der Waals surface area contributed by atoms with Crippen LogP contribution in [0, 0.1) is 11.3 Å². The lowest BCUT2D eigenvalue weighted by atomic mass is 9.71. The van der Waals surface area contributed by atoms with Crippen LogP contribution in [0.3, 0.4) is 0 Å². The van der Waals surface area contributed by atoms with Crippen molar-refractivity contribution >= 4 is 0 Å². The van der Waals surface area contributed by atoms with Gasteiger partial charge >= 0.3 is 0 Å². The molecule has 112 valence electrons. The van der Waals surface area contributed by atoms with E-state index in [0.717, 1.165) is 5.92 Å². The fourth-order valence-corrected chi connectivity index (χ4v) is 3.35. The fraction of sp³-hybridized carbons (Fsp3) is 0.667. The summed E-state index contributed by atoms with van der Waals surface area (Å²) in [5.74, 6) is 0.838. The molecule has 1 aliphatic carbocycles. The summed E-state index contributed by atoms with van der Waals surface area (Å²) in [5, 5.41) is 13.3. The molecule has 2 rings (SSSR count). The predicted molar refractivity (Wildman–Crippen MR) is 84.6 cm³/mol. The van der Waals surface area contributed by atoms with Gasteiger partial charge in [-0.15, -0.1) is 0 Å². The number of aliphatic hydroxyl groups is 1. The number of hydrogen-bond donors (Lipinski definition) is 2. The number of aliphatic hydroxyl groups excluding tert-OH is 1. The minimum Gasteiger partial charge on any atom is -0.394 e. The SMILES string of the molecule is CC(C)(C)C1CCC(N[C@@H](CO)c2ccccc2)CC1.